The number of methoxy groups -OCH3 is 1. The van der Waals surface area contributed by atoms with Crippen molar-refractivity contribution in [2.24, 2.45) is 5.92 Å². The molecule has 94 valence electrons. The third kappa shape index (κ3) is 2.63. The van der Waals surface area contributed by atoms with E-state index >= 15 is 0 Å². The Kier molecular flexibility index (Phi) is 3.43. The summed E-state index contributed by atoms with van der Waals surface area (Å²) in [5.41, 5.74) is 1.31. The molecule has 17 heavy (non-hydrogen) atoms. The average Bonchev–Trinajstić information content (AvgIpc) is 2.24. The van der Waals surface area contributed by atoms with Gasteiger partial charge in [-0.3, -0.25) is 0 Å². The van der Waals surface area contributed by atoms with Crippen molar-refractivity contribution >= 4 is 0 Å². The Bertz CT molecular complexity index is 392. The van der Waals surface area contributed by atoms with Crippen molar-refractivity contribution in [3.05, 3.63) is 29.3 Å². The molecule has 2 nitrogen and oxygen atoms in total. The molecule has 0 saturated heterocycles. The van der Waals surface area contributed by atoms with Crippen LogP contribution in [0.5, 0.6) is 5.75 Å². The van der Waals surface area contributed by atoms with Gasteiger partial charge in [0.1, 0.15) is 5.75 Å². The Hall–Kier alpha value is -1.02. The molecule has 0 aromatic heterocycles. The lowest BCUT2D eigenvalue weighted by molar-refractivity contribution is 0.0141. The Morgan fingerprint density at radius 3 is 2.65 bits per heavy atom. The van der Waals surface area contributed by atoms with Gasteiger partial charge < -0.3 is 9.84 Å². The summed E-state index contributed by atoms with van der Waals surface area (Å²) in [6.07, 6.45) is 4.66. The fourth-order valence-electron chi connectivity index (χ4n) is 2.61. The maximum absolute atomic E-state index is 10.7. The van der Waals surface area contributed by atoms with Crippen LogP contribution in [0.1, 0.15) is 43.7 Å². The summed E-state index contributed by atoms with van der Waals surface area (Å²) in [5.74, 6) is 1.47. The molecule has 1 aliphatic rings. The van der Waals surface area contributed by atoms with E-state index in [0.29, 0.717) is 5.92 Å². The van der Waals surface area contributed by atoms with E-state index in [9.17, 15) is 5.11 Å². The molecule has 0 spiro atoms. The number of rotatable bonds is 4. The summed E-state index contributed by atoms with van der Waals surface area (Å²) in [7, 11) is 1.66. The highest BCUT2D eigenvalue weighted by Gasteiger charge is 2.32. The Labute approximate surface area is 104 Å². The minimum Gasteiger partial charge on any atom is -0.496 e. The second-order valence-electron chi connectivity index (χ2n) is 5.48. The minimum absolute atomic E-state index is 0.676. The first-order chi connectivity index (χ1) is 8.03. The number of aliphatic hydroxyl groups is 1. The van der Waals surface area contributed by atoms with Crippen LogP contribution in [-0.2, 0) is 5.60 Å². The van der Waals surface area contributed by atoms with Crippen LogP contribution in [0.25, 0.3) is 0 Å². The van der Waals surface area contributed by atoms with Crippen LogP contribution in [0.15, 0.2) is 18.2 Å². The smallest absolute Gasteiger partial charge is 0.124 e. The van der Waals surface area contributed by atoms with Gasteiger partial charge in [-0.05, 0) is 38.3 Å². The third-order valence-electron chi connectivity index (χ3n) is 3.85. The van der Waals surface area contributed by atoms with Gasteiger partial charge in [-0.15, -0.1) is 0 Å². The Morgan fingerprint density at radius 2 is 2.12 bits per heavy atom. The summed E-state index contributed by atoms with van der Waals surface area (Å²) in [6, 6.07) is 6.00. The maximum Gasteiger partial charge on any atom is 0.124 e. The molecule has 0 radical (unpaired) electrons. The fourth-order valence-corrected chi connectivity index (χ4v) is 2.61. The van der Waals surface area contributed by atoms with Gasteiger partial charge in [-0.1, -0.05) is 30.9 Å². The summed E-state index contributed by atoms with van der Waals surface area (Å²) < 4.78 is 5.36. The molecule has 2 heteroatoms. The van der Waals surface area contributed by atoms with Gasteiger partial charge in [0.05, 0.1) is 12.7 Å². The lowest BCUT2D eigenvalue weighted by Gasteiger charge is -2.34. The molecule has 1 aliphatic carbocycles. The highest BCUT2D eigenvalue weighted by atomic mass is 16.5. The zero-order valence-electron chi connectivity index (χ0n) is 11.0. The van der Waals surface area contributed by atoms with Crippen LogP contribution >= 0.6 is 0 Å². The number of ether oxygens (including phenoxy) is 1. The standard InChI is InChI=1S/C15H22O2/c1-11-7-8-14(17-3)13(9-11)15(2,16)10-12-5-4-6-12/h7-9,12,16H,4-6,10H2,1-3H3. The van der Waals surface area contributed by atoms with Crippen LogP contribution < -0.4 is 4.74 Å². The van der Waals surface area contributed by atoms with Gasteiger partial charge in [0.15, 0.2) is 0 Å². The van der Waals surface area contributed by atoms with Gasteiger partial charge in [-0.2, -0.15) is 0 Å². The molecule has 2 rings (SSSR count). The van der Waals surface area contributed by atoms with Gasteiger partial charge in [0, 0.05) is 5.56 Å². The normalized spacial score (nSPS) is 19.5. The molecule has 0 heterocycles. The molecule has 1 unspecified atom stereocenters. The molecule has 1 N–H and O–H groups in total. The van der Waals surface area contributed by atoms with Crippen LogP contribution in [0.2, 0.25) is 0 Å². The highest BCUT2D eigenvalue weighted by Crippen LogP contribution is 2.40. The van der Waals surface area contributed by atoms with Gasteiger partial charge in [0.2, 0.25) is 0 Å². The van der Waals surface area contributed by atoms with Gasteiger partial charge >= 0.3 is 0 Å². The number of aryl methyl sites for hydroxylation is 1. The second-order valence-corrected chi connectivity index (χ2v) is 5.48. The first-order valence-electron chi connectivity index (χ1n) is 6.40. The van der Waals surface area contributed by atoms with E-state index in [1.165, 1.54) is 19.3 Å². The molecule has 0 bridgehead atoms. The Morgan fingerprint density at radius 1 is 1.41 bits per heavy atom. The summed E-state index contributed by atoms with van der Waals surface area (Å²) in [6.45, 7) is 3.95. The van der Waals surface area contributed by atoms with Crippen molar-refractivity contribution in [3.63, 3.8) is 0 Å². The van der Waals surface area contributed by atoms with E-state index in [0.717, 1.165) is 23.3 Å². The predicted molar refractivity (Wildman–Crippen MR) is 69.3 cm³/mol. The van der Waals surface area contributed by atoms with Gasteiger partial charge in [-0.25, -0.2) is 0 Å². The van der Waals surface area contributed by atoms with Crippen LogP contribution in [0.3, 0.4) is 0 Å². The zero-order valence-corrected chi connectivity index (χ0v) is 11.0. The van der Waals surface area contributed by atoms with Crippen LogP contribution in [-0.4, -0.2) is 12.2 Å². The summed E-state index contributed by atoms with van der Waals surface area (Å²) in [5, 5.41) is 10.7. The number of hydrogen-bond acceptors (Lipinski definition) is 2. The van der Waals surface area contributed by atoms with Crippen LogP contribution in [0.4, 0.5) is 0 Å². The van der Waals surface area contributed by atoms with E-state index in [-0.39, 0.29) is 0 Å². The highest BCUT2D eigenvalue weighted by molar-refractivity contribution is 5.40. The van der Waals surface area contributed by atoms with Crippen molar-refractivity contribution in [1.29, 1.82) is 0 Å². The second kappa shape index (κ2) is 4.69. The predicted octanol–water partition coefficient (Wildman–Crippen LogP) is 3.40. The van der Waals surface area contributed by atoms with Crippen molar-refractivity contribution in [2.75, 3.05) is 7.11 Å². The molecule has 1 aromatic rings. The van der Waals surface area contributed by atoms with E-state index in [1.807, 2.05) is 32.0 Å². The average molecular weight is 234 g/mol. The van der Waals surface area contributed by atoms with E-state index < -0.39 is 5.60 Å². The topological polar surface area (TPSA) is 29.5 Å². The minimum atomic E-state index is -0.775. The molecular formula is C15H22O2. The van der Waals surface area contributed by atoms with Crippen molar-refractivity contribution in [2.45, 2.75) is 45.1 Å². The van der Waals surface area contributed by atoms with Gasteiger partial charge in [0.25, 0.3) is 0 Å². The molecule has 1 saturated carbocycles. The van der Waals surface area contributed by atoms with Crippen molar-refractivity contribution in [1.82, 2.24) is 0 Å². The van der Waals surface area contributed by atoms with Crippen molar-refractivity contribution in [3.8, 4) is 5.75 Å². The first-order valence-corrected chi connectivity index (χ1v) is 6.40. The lowest BCUT2D eigenvalue weighted by Crippen LogP contribution is -2.28. The largest absolute Gasteiger partial charge is 0.496 e. The monoisotopic (exact) mass is 234 g/mol. The number of benzene rings is 1. The summed E-state index contributed by atoms with van der Waals surface area (Å²) in [4.78, 5) is 0. The zero-order chi connectivity index (χ0) is 12.5. The number of hydrogen-bond donors (Lipinski definition) is 1. The molecule has 0 amide bonds. The van der Waals surface area contributed by atoms with E-state index in [1.54, 1.807) is 7.11 Å². The Balaban J connectivity index is 2.26. The van der Waals surface area contributed by atoms with Crippen molar-refractivity contribution < 1.29 is 9.84 Å². The molecular weight excluding hydrogens is 212 g/mol. The lowest BCUT2D eigenvalue weighted by atomic mass is 9.75. The molecule has 1 fully saturated rings. The fraction of sp³-hybridized carbons (Fsp3) is 0.600. The molecule has 1 atom stereocenters. The molecule has 1 aromatic carbocycles. The summed E-state index contributed by atoms with van der Waals surface area (Å²) >= 11 is 0. The van der Waals surface area contributed by atoms with Crippen LogP contribution in [0, 0.1) is 12.8 Å². The van der Waals surface area contributed by atoms with E-state index in [4.69, 9.17) is 4.74 Å². The first kappa shape index (κ1) is 12.4. The maximum atomic E-state index is 10.7. The SMILES string of the molecule is COc1ccc(C)cc1C(C)(O)CC1CCC1. The third-order valence-corrected chi connectivity index (χ3v) is 3.85. The molecule has 0 aliphatic heterocycles. The quantitative estimate of drug-likeness (QED) is 0.865. The van der Waals surface area contributed by atoms with E-state index in [2.05, 4.69) is 0 Å².